The van der Waals surface area contributed by atoms with Gasteiger partial charge in [0.1, 0.15) is 11.0 Å². The third-order valence-electron chi connectivity index (χ3n) is 2.80. The Labute approximate surface area is 111 Å². The minimum Gasteiger partial charge on any atom is -0.497 e. The molecule has 0 aromatic heterocycles. The topological polar surface area (TPSA) is 43.4 Å². The zero-order valence-electron chi connectivity index (χ0n) is 10.3. The van der Waals surface area contributed by atoms with E-state index in [4.69, 9.17) is 4.74 Å². The van der Waals surface area contributed by atoms with Crippen LogP contribution in [0.5, 0.6) is 5.75 Å². The Morgan fingerprint density at radius 1 is 0.947 bits per heavy atom. The molecule has 0 aliphatic rings. The number of hydrogen-bond donors (Lipinski definition) is 0. The van der Waals surface area contributed by atoms with E-state index >= 15 is 0 Å². The molecule has 19 heavy (non-hydrogen) atoms. The molecule has 0 fully saturated rings. The highest BCUT2D eigenvalue weighted by Crippen LogP contribution is 2.32. The summed E-state index contributed by atoms with van der Waals surface area (Å²) < 4.78 is 41.3. The summed E-state index contributed by atoms with van der Waals surface area (Å²) in [7, 11) is -3.22. The van der Waals surface area contributed by atoms with Crippen LogP contribution in [0.3, 0.4) is 0 Å². The highest BCUT2D eigenvalue weighted by molar-refractivity contribution is 7.86. The van der Waals surface area contributed by atoms with Gasteiger partial charge in [0.2, 0.25) is 0 Å². The van der Waals surface area contributed by atoms with Gasteiger partial charge in [-0.05, 0) is 23.3 Å². The lowest BCUT2D eigenvalue weighted by Crippen LogP contribution is -2.09. The van der Waals surface area contributed by atoms with Gasteiger partial charge in [0.25, 0.3) is 0 Å². The number of ether oxygens (including phenoxy) is 1. The Kier molecular flexibility index (Phi) is 3.85. The molecule has 0 bridgehead atoms. The van der Waals surface area contributed by atoms with Gasteiger partial charge in [0.15, 0.2) is 0 Å². The molecule has 3 nitrogen and oxygen atoms in total. The van der Waals surface area contributed by atoms with E-state index in [1.54, 1.807) is 54.6 Å². The van der Waals surface area contributed by atoms with E-state index < -0.39 is 15.5 Å². The quantitative estimate of drug-likeness (QED) is 0.808. The molecule has 2 rings (SSSR count). The second-order valence-electron chi connectivity index (χ2n) is 4.04. The Balaban J connectivity index is 2.50. The first kappa shape index (κ1) is 13.5. The molecular formula is C14H13FO3S. The summed E-state index contributed by atoms with van der Waals surface area (Å²) in [6.45, 7) is 0. The van der Waals surface area contributed by atoms with E-state index in [1.165, 1.54) is 7.11 Å². The summed E-state index contributed by atoms with van der Waals surface area (Å²) in [5, 5.41) is -1.31. The van der Waals surface area contributed by atoms with Gasteiger partial charge in [-0.25, -0.2) is 0 Å². The first-order chi connectivity index (χ1) is 9.02. The van der Waals surface area contributed by atoms with Crippen molar-refractivity contribution in [2.45, 2.75) is 5.25 Å². The standard InChI is InChI=1S/C14H13FO3S/c1-18-13-9-7-12(8-10-13)14(19(15,16)17)11-5-3-2-4-6-11/h2-10,14H,1H3. The largest absolute Gasteiger partial charge is 0.497 e. The molecule has 0 N–H and O–H groups in total. The Morgan fingerprint density at radius 3 is 1.95 bits per heavy atom. The van der Waals surface area contributed by atoms with Gasteiger partial charge in [-0.15, -0.1) is 3.89 Å². The van der Waals surface area contributed by atoms with Crippen molar-refractivity contribution in [1.29, 1.82) is 0 Å². The maximum absolute atomic E-state index is 13.5. The monoisotopic (exact) mass is 280 g/mol. The highest BCUT2D eigenvalue weighted by Gasteiger charge is 2.28. The van der Waals surface area contributed by atoms with E-state index in [0.717, 1.165) is 0 Å². The van der Waals surface area contributed by atoms with Crippen LogP contribution in [0.1, 0.15) is 16.4 Å². The predicted octanol–water partition coefficient (Wildman–Crippen LogP) is 3.08. The normalized spacial score (nSPS) is 12.9. The smallest absolute Gasteiger partial charge is 0.313 e. The number of halogens is 1. The van der Waals surface area contributed by atoms with Crippen molar-refractivity contribution in [1.82, 2.24) is 0 Å². The van der Waals surface area contributed by atoms with Crippen molar-refractivity contribution in [3.8, 4) is 5.75 Å². The van der Waals surface area contributed by atoms with Crippen molar-refractivity contribution in [2.75, 3.05) is 7.11 Å². The summed E-state index contributed by atoms with van der Waals surface area (Å²) in [5.41, 5.74) is 0.768. The molecule has 0 radical (unpaired) electrons. The third kappa shape index (κ3) is 3.12. The molecule has 1 atom stereocenters. The highest BCUT2D eigenvalue weighted by atomic mass is 32.3. The van der Waals surface area contributed by atoms with Gasteiger partial charge in [0, 0.05) is 0 Å². The summed E-state index contributed by atoms with van der Waals surface area (Å²) in [5.74, 6) is 0.590. The molecule has 100 valence electrons. The molecule has 0 aliphatic heterocycles. The number of benzene rings is 2. The van der Waals surface area contributed by atoms with Crippen molar-refractivity contribution < 1.29 is 17.0 Å². The Bertz CT molecular complexity index is 636. The van der Waals surface area contributed by atoms with Gasteiger partial charge in [-0.1, -0.05) is 42.5 Å². The molecule has 1 unspecified atom stereocenters. The molecule has 0 heterocycles. The van der Waals surface area contributed by atoms with Crippen LogP contribution in [0.15, 0.2) is 54.6 Å². The molecule has 2 aromatic rings. The maximum atomic E-state index is 13.5. The summed E-state index contributed by atoms with van der Waals surface area (Å²) in [6, 6.07) is 14.6. The van der Waals surface area contributed by atoms with Crippen molar-refractivity contribution in [2.24, 2.45) is 0 Å². The van der Waals surface area contributed by atoms with Crippen LogP contribution in [-0.4, -0.2) is 15.5 Å². The van der Waals surface area contributed by atoms with Crippen molar-refractivity contribution >= 4 is 10.2 Å². The van der Waals surface area contributed by atoms with Crippen LogP contribution in [0.2, 0.25) is 0 Å². The van der Waals surface area contributed by atoms with Gasteiger partial charge in [-0.3, -0.25) is 0 Å². The molecular weight excluding hydrogens is 267 g/mol. The average molecular weight is 280 g/mol. The SMILES string of the molecule is COc1ccc(C(c2ccccc2)S(=O)(=O)F)cc1. The molecule has 5 heteroatoms. The lowest BCUT2D eigenvalue weighted by Gasteiger charge is -2.14. The fraction of sp³-hybridized carbons (Fsp3) is 0.143. The first-order valence-corrected chi connectivity index (χ1v) is 7.09. The Morgan fingerprint density at radius 2 is 1.47 bits per heavy atom. The third-order valence-corrected chi connectivity index (χ3v) is 3.91. The molecule has 0 aliphatic carbocycles. The van der Waals surface area contributed by atoms with Crippen LogP contribution < -0.4 is 4.74 Å². The predicted molar refractivity (Wildman–Crippen MR) is 71.3 cm³/mol. The number of hydrogen-bond acceptors (Lipinski definition) is 3. The Hall–Kier alpha value is -1.88. The van der Waals surface area contributed by atoms with Crippen LogP contribution in [0.4, 0.5) is 3.89 Å². The van der Waals surface area contributed by atoms with E-state index in [-0.39, 0.29) is 0 Å². The summed E-state index contributed by atoms with van der Waals surface area (Å²) in [6.07, 6.45) is 0. The van der Waals surface area contributed by atoms with Crippen LogP contribution in [0.25, 0.3) is 0 Å². The zero-order valence-corrected chi connectivity index (χ0v) is 11.1. The van der Waals surface area contributed by atoms with Crippen LogP contribution >= 0.6 is 0 Å². The average Bonchev–Trinajstić information content (AvgIpc) is 2.39. The minimum atomic E-state index is -4.73. The zero-order chi connectivity index (χ0) is 13.9. The van der Waals surface area contributed by atoms with Gasteiger partial charge in [0.05, 0.1) is 7.11 Å². The summed E-state index contributed by atoms with van der Waals surface area (Å²) >= 11 is 0. The van der Waals surface area contributed by atoms with Crippen molar-refractivity contribution in [3.63, 3.8) is 0 Å². The first-order valence-electron chi connectivity index (χ1n) is 5.65. The maximum Gasteiger partial charge on any atom is 0.313 e. The fourth-order valence-electron chi connectivity index (χ4n) is 1.92. The lowest BCUT2D eigenvalue weighted by molar-refractivity contribution is 0.414. The fourth-order valence-corrected chi connectivity index (χ4v) is 2.89. The number of methoxy groups -OCH3 is 1. The number of rotatable bonds is 4. The summed E-state index contributed by atoms with van der Waals surface area (Å²) in [4.78, 5) is 0. The van der Waals surface area contributed by atoms with Crippen molar-refractivity contribution in [3.05, 3.63) is 65.7 Å². The van der Waals surface area contributed by atoms with Crippen LogP contribution in [-0.2, 0) is 10.2 Å². The second-order valence-corrected chi connectivity index (χ2v) is 5.46. The van der Waals surface area contributed by atoms with Gasteiger partial charge < -0.3 is 4.74 Å². The van der Waals surface area contributed by atoms with Crippen LogP contribution in [0, 0.1) is 0 Å². The second kappa shape index (κ2) is 5.40. The van der Waals surface area contributed by atoms with E-state index in [0.29, 0.717) is 16.9 Å². The van der Waals surface area contributed by atoms with Gasteiger partial charge >= 0.3 is 10.2 Å². The molecule has 0 spiro atoms. The van der Waals surface area contributed by atoms with E-state index in [9.17, 15) is 12.3 Å². The minimum absolute atomic E-state index is 0.370. The van der Waals surface area contributed by atoms with Gasteiger partial charge in [-0.2, -0.15) is 8.42 Å². The lowest BCUT2D eigenvalue weighted by atomic mass is 10.0. The molecule has 2 aromatic carbocycles. The van der Waals surface area contributed by atoms with E-state index in [1.807, 2.05) is 0 Å². The molecule has 0 saturated carbocycles. The molecule has 0 saturated heterocycles. The van der Waals surface area contributed by atoms with E-state index in [2.05, 4.69) is 0 Å². The molecule has 0 amide bonds.